The Balaban J connectivity index is 1.91. The van der Waals surface area contributed by atoms with Crippen LogP contribution in [0.4, 0.5) is 0 Å². The molecular formula is C10H22N2. The van der Waals surface area contributed by atoms with Gasteiger partial charge in [-0.25, -0.2) is 0 Å². The molecule has 0 aromatic carbocycles. The Bertz CT molecular complexity index is 98.0. The maximum atomic E-state index is 3.46. The van der Waals surface area contributed by atoms with Crippen LogP contribution in [0.5, 0.6) is 0 Å². The standard InChI is InChI=1S/C10H22N2/c1-2-11-7-3-5-10-6-4-8-12-9-10/h10-12H,2-9H2,1H3. The summed E-state index contributed by atoms with van der Waals surface area (Å²) in [5.41, 5.74) is 0. The lowest BCUT2D eigenvalue weighted by Gasteiger charge is -2.22. The quantitative estimate of drug-likeness (QED) is 0.609. The minimum atomic E-state index is 0.956. The van der Waals surface area contributed by atoms with E-state index in [1.165, 1.54) is 45.3 Å². The van der Waals surface area contributed by atoms with E-state index in [1.54, 1.807) is 0 Å². The molecule has 2 heteroatoms. The van der Waals surface area contributed by atoms with Gasteiger partial charge in [-0.3, -0.25) is 0 Å². The predicted octanol–water partition coefficient (Wildman–Crippen LogP) is 1.38. The molecule has 1 fully saturated rings. The third-order valence-electron chi connectivity index (χ3n) is 2.61. The zero-order valence-corrected chi connectivity index (χ0v) is 8.23. The van der Waals surface area contributed by atoms with E-state index in [1.807, 2.05) is 0 Å². The summed E-state index contributed by atoms with van der Waals surface area (Å²) in [5.74, 6) is 0.956. The summed E-state index contributed by atoms with van der Waals surface area (Å²) >= 11 is 0. The molecule has 0 radical (unpaired) electrons. The van der Waals surface area contributed by atoms with Gasteiger partial charge in [-0.1, -0.05) is 6.92 Å². The van der Waals surface area contributed by atoms with Crippen molar-refractivity contribution in [3.05, 3.63) is 0 Å². The number of hydrogen-bond acceptors (Lipinski definition) is 2. The Morgan fingerprint density at radius 1 is 1.50 bits per heavy atom. The first-order valence-corrected chi connectivity index (χ1v) is 5.35. The molecule has 0 amide bonds. The van der Waals surface area contributed by atoms with Crippen LogP contribution in [0.15, 0.2) is 0 Å². The van der Waals surface area contributed by atoms with E-state index in [2.05, 4.69) is 17.6 Å². The molecule has 12 heavy (non-hydrogen) atoms. The fourth-order valence-electron chi connectivity index (χ4n) is 1.86. The Kier molecular flexibility index (Phi) is 5.37. The molecule has 1 heterocycles. The van der Waals surface area contributed by atoms with Gasteiger partial charge in [0.15, 0.2) is 0 Å². The van der Waals surface area contributed by atoms with Gasteiger partial charge in [0.1, 0.15) is 0 Å². The first-order valence-electron chi connectivity index (χ1n) is 5.35. The first kappa shape index (κ1) is 10.0. The third-order valence-corrected chi connectivity index (χ3v) is 2.61. The SMILES string of the molecule is CCNCCCC1CCCNC1. The Labute approximate surface area is 76.1 Å². The van der Waals surface area contributed by atoms with E-state index in [4.69, 9.17) is 0 Å². The average Bonchev–Trinajstić information content (AvgIpc) is 2.14. The van der Waals surface area contributed by atoms with Gasteiger partial charge in [0.2, 0.25) is 0 Å². The van der Waals surface area contributed by atoms with Crippen LogP contribution in [0.25, 0.3) is 0 Å². The van der Waals surface area contributed by atoms with Gasteiger partial charge in [0.05, 0.1) is 0 Å². The minimum Gasteiger partial charge on any atom is -0.317 e. The van der Waals surface area contributed by atoms with Crippen LogP contribution < -0.4 is 10.6 Å². The van der Waals surface area contributed by atoms with Gasteiger partial charge in [-0.05, 0) is 57.8 Å². The van der Waals surface area contributed by atoms with Gasteiger partial charge in [0, 0.05) is 0 Å². The molecule has 72 valence electrons. The summed E-state index contributed by atoms with van der Waals surface area (Å²) in [4.78, 5) is 0. The molecule has 1 aliphatic rings. The number of hydrogen-bond donors (Lipinski definition) is 2. The molecule has 0 saturated carbocycles. The second-order valence-corrected chi connectivity index (χ2v) is 3.71. The summed E-state index contributed by atoms with van der Waals surface area (Å²) in [6.07, 6.45) is 5.57. The maximum Gasteiger partial charge on any atom is -0.00205 e. The molecule has 2 nitrogen and oxygen atoms in total. The number of rotatable bonds is 5. The van der Waals surface area contributed by atoms with Crippen molar-refractivity contribution in [3.8, 4) is 0 Å². The van der Waals surface area contributed by atoms with Crippen molar-refractivity contribution in [1.82, 2.24) is 10.6 Å². The van der Waals surface area contributed by atoms with E-state index >= 15 is 0 Å². The first-order chi connectivity index (χ1) is 5.93. The largest absolute Gasteiger partial charge is 0.317 e. The second-order valence-electron chi connectivity index (χ2n) is 3.71. The molecule has 0 aromatic heterocycles. The average molecular weight is 170 g/mol. The van der Waals surface area contributed by atoms with Crippen LogP contribution in [0.1, 0.15) is 32.6 Å². The summed E-state index contributed by atoms with van der Waals surface area (Å²) in [6, 6.07) is 0. The summed E-state index contributed by atoms with van der Waals surface area (Å²) < 4.78 is 0. The normalized spacial score (nSPS) is 24.2. The molecule has 2 N–H and O–H groups in total. The molecule has 0 aromatic rings. The zero-order chi connectivity index (χ0) is 8.65. The van der Waals surface area contributed by atoms with Crippen molar-refractivity contribution >= 4 is 0 Å². The van der Waals surface area contributed by atoms with E-state index in [0.29, 0.717) is 0 Å². The summed E-state index contributed by atoms with van der Waals surface area (Å²) in [7, 11) is 0. The molecule has 1 saturated heterocycles. The van der Waals surface area contributed by atoms with Crippen molar-refractivity contribution < 1.29 is 0 Å². The molecule has 1 aliphatic heterocycles. The van der Waals surface area contributed by atoms with Crippen molar-refractivity contribution in [2.24, 2.45) is 5.92 Å². The highest BCUT2D eigenvalue weighted by Gasteiger charge is 2.11. The van der Waals surface area contributed by atoms with Gasteiger partial charge in [-0.15, -0.1) is 0 Å². The van der Waals surface area contributed by atoms with E-state index in [0.717, 1.165) is 12.5 Å². The predicted molar refractivity (Wildman–Crippen MR) is 53.4 cm³/mol. The van der Waals surface area contributed by atoms with Crippen molar-refractivity contribution in [2.75, 3.05) is 26.2 Å². The lowest BCUT2D eigenvalue weighted by molar-refractivity contribution is 0.349. The smallest absolute Gasteiger partial charge is 0.00205 e. The number of piperidine rings is 1. The Morgan fingerprint density at radius 3 is 3.08 bits per heavy atom. The second kappa shape index (κ2) is 6.44. The van der Waals surface area contributed by atoms with Gasteiger partial charge in [-0.2, -0.15) is 0 Å². The Hall–Kier alpha value is -0.0800. The fourth-order valence-corrected chi connectivity index (χ4v) is 1.86. The molecule has 0 aliphatic carbocycles. The van der Waals surface area contributed by atoms with Crippen molar-refractivity contribution in [3.63, 3.8) is 0 Å². The van der Waals surface area contributed by atoms with Crippen LogP contribution in [0.2, 0.25) is 0 Å². The van der Waals surface area contributed by atoms with E-state index in [9.17, 15) is 0 Å². The van der Waals surface area contributed by atoms with Gasteiger partial charge in [0.25, 0.3) is 0 Å². The van der Waals surface area contributed by atoms with Crippen molar-refractivity contribution in [1.29, 1.82) is 0 Å². The number of nitrogens with one attached hydrogen (secondary N) is 2. The van der Waals surface area contributed by atoms with Gasteiger partial charge < -0.3 is 10.6 Å². The van der Waals surface area contributed by atoms with Crippen LogP contribution in [0, 0.1) is 5.92 Å². The third kappa shape index (κ3) is 4.07. The van der Waals surface area contributed by atoms with Gasteiger partial charge >= 0.3 is 0 Å². The fraction of sp³-hybridized carbons (Fsp3) is 1.00. The van der Waals surface area contributed by atoms with Crippen LogP contribution in [-0.4, -0.2) is 26.2 Å². The molecule has 1 rings (SSSR count). The van der Waals surface area contributed by atoms with Crippen LogP contribution in [-0.2, 0) is 0 Å². The van der Waals surface area contributed by atoms with E-state index in [-0.39, 0.29) is 0 Å². The van der Waals surface area contributed by atoms with Crippen LogP contribution >= 0.6 is 0 Å². The monoisotopic (exact) mass is 170 g/mol. The Morgan fingerprint density at radius 2 is 2.42 bits per heavy atom. The minimum absolute atomic E-state index is 0.956. The topological polar surface area (TPSA) is 24.1 Å². The van der Waals surface area contributed by atoms with Crippen molar-refractivity contribution in [2.45, 2.75) is 32.6 Å². The molecule has 0 spiro atoms. The molecule has 0 bridgehead atoms. The lowest BCUT2D eigenvalue weighted by atomic mass is 9.95. The molecule has 1 atom stereocenters. The zero-order valence-electron chi connectivity index (χ0n) is 8.23. The van der Waals surface area contributed by atoms with E-state index < -0.39 is 0 Å². The highest BCUT2D eigenvalue weighted by Crippen LogP contribution is 2.14. The molecular weight excluding hydrogens is 148 g/mol. The van der Waals surface area contributed by atoms with Crippen LogP contribution in [0.3, 0.4) is 0 Å². The summed E-state index contributed by atoms with van der Waals surface area (Å²) in [6.45, 7) is 6.98. The summed E-state index contributed by atoms with van der Waals surface area (Å²) in [5, 5.41) is 6.82. The lowest BCUT2D eigenvalue weighted by Crippen LogP contribution is -2.30. The highest BCUT2D eigenvalue weighted by atomic mass is 14.9. The molecule has 1 unspecified atom stereocenters. The highest BCUT2D eigenvalue weighted by molar-refractivity contribution is 4.68. The maximum absolute atomic E-state index is 3.46.